The number of pyridine rings is 1. The van der Waals surface area contributed by atoms with Gasteiger partial charge in [-0.05, 0) is 59.2 Å². The molecule has 4 aromatic rings. The third-order valence-corrected chi connectivity index (χ3v) is 8.75. The molecule has 1 fully saturated rings. The summed E-state index contributed by atoms with van der Waals surface area (Å²) in [6.45, 7) is 8.61. The average Bonchev–Trinajstić information content (AvgIpc) is 2.91. The highest BCUT2D eigenvalue weighted by Crippen LogP contribution is 2.37. The first-order valence-electron chi connectivity index (χ1n) is 13.9. The molecule has 41 heavy (non-hydrogen) atoms. The first-order chi connectivity index (χ1) is 19.7. The van der Waals surface area contributed by atoms with Gasteiger partial charge in [-0.1, -0.05) is 58.0 Å². The van der Waals surface area contributed by atoms with Gasteiger partial charge in [-0.15, -0.1) is 23.5 Å². The second kappa shape index (κ2) is 12.8. The summed E-state index contributed by atoms with van der Waals surface area (Å²) in [5.41, 5.74) is 4.57. The minimum atomic E-state index is -0.725. The van der Waals surface area contributed by atoms with E-state index in [1.54, 1.807) is 41.9 Å². The predicted molar refractivity (Wildman–Crippen MR) is 169 cm³/mol. The summed E-state index contributed by atoms with van der Waals surface area (Å²) in [5, 5.41) is 11.6. The summed E-state index contributed by atoms with van der Waals surface area (Å²) in [6.07, 6.45) is 4.49. The molecule has 0 amide bonds. The number of aliphatic hydroxyl groups is 1. The van der Waals surface area contributed by atoms with Crippen LogP contribution in [0.3, 0.4) is 0 Å². The summed E-state index contributed by atoms with van der Waals surface area (Å²) in [7, 11) is 0. The molecular weight excluding hydrogens is 554 g/mol. The van der Waals surface area contributed by atoms with Gasteiger partial charge in [0.15, 0.2) is 0 Å². The third kappa shape index (κ3) is 7.21. The zero-order chi connectivity index (χ0) is 29.1. The minimum Gasteiger partial charge on any atom is -0.458 e. The summed E-state index contributed by atoms with van der Waals surface area (Å²) in [4.78, 5) is 18.9. The lowest BCUT2D eigenvalue weighted by Crippen LogP contribution is -2.31. The van der Waals surface area contributed by atoms with E-state index in [4.69, 9.17) is 9.72 Å². The van der Waals surface area contributed by atoms with Crippen molar-refractivity contribution in [1.82, 2.24) is 4.98 Å². The molecule has 0 radical (unpaired) electrons. The number of cyclic esters (lactones) is 1. The smallest absolute Gasteiger partial charge is 0.309 e. The molecule has 1 saturated heterocycles. The van der Waals surface area contributed by atoms with Crippen molar-refractivity contribution < 1.29 is 19.0 Å². The second-order valence-corrected chi connectivity index (χ2v) is 14.1. The van der Waals surface area contributed by atoms with E-state index in [2.05, 4.69) is 52.0 Å². The Morgan fingerprint density at radius 1 is 0.951 bits per heavy atom. The topological polar surface area (TPSA) is 59.4 Å². The van der Waals surface area contributed by atoms with E-state index < -0.39 is 18.2 Å². The Labute approximate surface area is 249 Å². The van der Waals surface area contributed by atoms with E-state index >= 15 is 4.39 Å². The Bertz CT molecular complexity index is 1570. The van der Waals surface area contributed by atoms with Crippen molar-refractivity contribution in [1.29, 1.82) is 0 Å². The number of nitrogens with zero attached hydrogens (tertiary/aromatic N) is 1. The third-order valence-electron chi connectivity index (χ3n) is 6.72. The fourth-order valence-corrected chi connectivity index (χ4v) is 6.67. The maximum absolute atomic E-state index is 15.8. The van der Waals surface area contributed by atoms with Crippen LogP contribution in [-0.2, 0) is 9.53 Å². The van der Waals surface area contributed by atoms with Gasteiger partial charge in [0.25, 0.3) is 0 Å². The molecule has 2 atom stereocenters. The quantitative estimate of drug-likeness (QED) is 0.164. The van der Waals surface area contributed by atoms with Crippen molar-refractivity contribution in [3.05, 3.63) is 84.3 Å². The maximum atomic E-state index is 15.8. The highest BCUT2D eigenvalue weighted by Gasteiger charge is 2.25. The van der Waals surface area contributed by atoms with Gasteiger partial charge < -0.3 is 9.84 Å². The molecular formula is C34H34FNO3S2. The monoisotopic (exact) mass is 587 g/mol. The van der Waals surface area contributed by atoms with Crippen LogP contribution in [0.2, 0.25) is 0 Å². The van der Waals surface area contributed by atoms with Crippen LogP contribution >= 0.6 is 23.5 Å². The standard InChI is InChI=1S/C34H34FNO3S2/c1-20(2)40-27-11-6-22(7-12-27)29-18-32-30(17-31(29)35)34(23-8-13-28(14-9-23)41-21(3)4)24(19-36-32)5-10-26-15-25(37)16-33(38)39-26/h5-14,17-21,25-26,37H,15-16H2,1-4H3/t25-,26-/m1/s1. The molecule has 3 aromatic carbocycles. The van der Waals surface area contributed by atoms with Crippen molar-refractivity contribution in [2.45, 2.75) is 73.0 Å². The van der Waals surface area contributed by atoms with Crippen LogP contribution in [-0.4, -0.2) is 38.8 Å². The van der Waals surface area contributed by atoms with Gasteiger partial charge in [0.2, 0.25) is 0 Å². The SMILES string of the molecule is CC(C)Sc1ccc(-c2cc3ncc(C=C[C@@H]4C[C@@H](O)CC(=O)O4)c(-c4ccc(SC(C)C)cc4)c3cc2F)cc1. The number of rotatable bonds is 8. The number of hydrogen-bond donors (Lipinski definition) is 1. The number of thioether (sulfide) groups is 2. The Morgan fingerprint density at radius 3 is 2.15 bits per heavy atom. The Hall–Kier alpha value is -3.13. The van der Waals surface area contributed by atoms with Gasteiger partial charge in [-0.2, -0.15) is 0 Å². The number of hydrogen-bond acceptors (Lipinski definition) is 6. The lowest BCUT2D eigenvalue weighted by molar-refractivity contribution is -0.156. The minimum absolute atomic E-state index is 0.00869. The Balaban J connectivity index is 1.58. The van der Waals surface area contributed by atoms with Gasteiger partial charge in [-0.3, -0.25) is 9.78 Å². The van der Waals surface area contributed by atoms with E-state index in [1.165, 1.54) is 0 Å². The largest absolute Gasteiger partial charge is 0.458 e. The number of esters is 1. The maximum Gasteiger partial charge on any atom is 0.309 e. The Kier molecular flexibility index (Phi) is 9.17. The molecule has 1 aromatic heterocycles. The molecule has 0 spiro atoms. The fourth-order valence-electron chi connectivity index (χ4n) is 4.99. The van der Waals surface area contributed by atoms with Gasteiger partial charge in [0, 0.05) is 49.4 Å². The van der Waals surface area contributed by atoms with Crippen LogP contribution in [0, 0.1) is 5.82 Å². The molecule has 0 saturated carbocycles. The molecule has 7 heteroatoms. The van der Waals surface area contributed by atoms with Crippen molar-refractivity contribution in [3.63, 3.8) is 0 Å². The molecule has 1 aliphatic rings. The van der Waals surface area contributed by atoms with Crippen molar-refractivity contribution >= 4 is 46.5 Å². The molecule has 0 aliphatic carbocycles. The summed E-state index contributed by atoms with van der Waals surface area (Å²) in [5.74, 6) is -0.735. The highest BCUT2D eigenvalue weighted by molar-refractivity contribution is 8.00. The molecule has 0 unspecified atom stereocenters. The Morgan fingerprint density at radius 2 is 1.56 bits per heavy atom. The molecule has 0 bridgehead atoms. The lowest BCUT2D eigenvalue weighted by atomic mass is 9.93. The highest BCUT2D eigenvalue weighted by atomic mass is 32.2. The molecule has 5 rings (SSSR count). The zero-order valence-corrected chi connectivity index (χ0v) is 25.3. The average molecular weight is 588 g/mol. The van der Waals surface area contributed by atoms with E-state index in [-0.39, 0.29) is 12.2 Å². The first kappa shape index (κ1) is 29.4. The summed E-state index contributed by atoms with van der Waals surface area (Å²) < 4.78 is 21.2. The second-order valence-electron chi connectivity index (χ2n) is 10.8. The van der Waals surface area contributed by atoms with Crippen LogP contribution < -0.4 is 0 Å². The molecule has 2 heterocycles. The van der Waals surface area contributed by atoms with Gasteiger partial charge in [0.05, 0.1) is 18.0 Å². The van der Waals surface area contributed by atoms with Crippen LogP contribution in [0.4, 0.5) is 4.39 Å². The number of halogens is 1. The number of aliphatic hydroxyl groups excluding tert-OH is 1. The van der Waals surface area contributed by atoms with E-state index in [9.17, 15) is 9.90 Å². The number of carbonyl (C=O) groups is 1. The van der Waals surface area contributed by atoms with Crippen molar-refractivity contribution in [2.24, 2.45) is 0 Å². The summed E-state index contributed by atoms with van der Waals surface area (Å²) in [6, 6.07) is 19.6. The van der Waals surface area contributed by atoms with E-state index in [0.29, 0.717) is 33.4 Å². The molecule has 1 N–H and O–H groups in total. The van der Waals surface area contributed by atoms with Crippen LogP contribution in [0.15, 0.2) is 82.7 Å². The number of aromatic nitrogens is 1. The van der Waals surface area contributed by atoms with Gasteiger partial charge in [0.1, 0.15) is 11.9 Å². The van der Waals surface area contributed by atoms with Crippen molar-refractivity contribution in [2.75, 3.05) is 0 Å². The fraction of sp³-hybridized carbons (Fsp3) is 0.294. The van der Waals surface area contributed by atoms with E-state index in [1.807, 2.05) is 36.4 Å². The lowest BCUT2D eigenvalue weighted by Gasteiger charge is -2.23. The van der Waals surface area contributed by atoms with Crippen LogP contribution in [0.5, 0.6) is 0 Å². The van der Waals surface area contributed by atoms with Gasteiger partial charge in [-0.25, -0.2) is 4.39 Å². The molecule has 1 aliphatic heterocycles. The van der Waals surface area contributed by atoms with Crippen LogP contribution in [0.25, 0.3) is 39.2 Å². The van der Waals surface area contributed by atoms with Crippen LogP contribution in [0.1, 0.15) is 46.1 Å². The number of fused-ring (bicyclic) bond motifs is 1. The zero-order valence-electron chi connectivity index (χ0n) is 23.6. The van der Waals surface area contributed by atoms with Crippen molar-refractivity contribution in [3.8, 4) is 22.3 Å². The first-order valence-corrected chi connectivity index (χ1v) is 15.6. The van der Waals surface area contributed by atoms with Gasteiger partial charge >= 0.3 is 5.97 Å². The normalized spacial score (nSPS) is 17.6. The number of benzene rings is 3. The molecule has 4 nitrogen and oxygen atoms in total. The van der Waals surface area contributed by atoms with E-state index in [0.717, 1.165) is 32.0 Å². The number of carbonyl (C=O) groups excluding carboxylic acids is 1. The number of ether oxygens (including phenoxy) is 1. The predicted octanol–water partition coefficient (Wildman–Crippen LogP) is 8.79. The summed E-state index contributed by atoms with van der Waals surface area (Å²) >= 11 is 3.56. The molecule has 212 valence electrons.